The van der Waals surface area contributed by atoms with Crippen LogP contribution in [0.15, 0.2) is 9.85 Å². The van der Waals surface area contributed by atoms with E-state index in [0.717, 1.165) is 16.7 Å². The smallest absolute Gasteiger partial charge is 0.0821 e. The van der Waals surface area contributed by atoms with Crippen molar-refractivity contribution >= 4 is 27.5 Å². The number of hydrogen-bond donors (Lipinski definition) is 1. The Morgan fingerprint density at radius 1 is 1.89 bits per heavy atom. The number of nitrogens with one attached hydrogen (secondary N) is 1. The average molecular weight is 207 g/mol. The topological polar surface area (TPSA) is 24.9 Å². The molecular formula is C5H7BrN2S. The second-order valence-electron chi connectivity index (χ2n) is 1.64. The van der Waals surface area contributed by atoms with Gasteiger partial charge in [0.25, 0.3) is 0 Å². The molecule has 4 heteroatoms. The van der Waals surface area contributed by atoms with Gasteiger partial charge in [0.2, 0.25) is 0 Å². The van der Waals surface area contributed by atoms with E-state index in [1.54, 1.807) is 0 Å². The largest absolute Gasteiger partial charge is 0.314 e. The average Bonchev–Trinajstić information content (AvgIpc) is 2.18. The highest BCUT2D eigenvalue weighted by atomic mass is 79.9. The maximum atomic E-state index is 4.14. The summed E-state index contributed by atoms with van der Waals surface area (Å²) in [4.78, 5) is 0. The lowest BCUT2D eigenvalue weighted by Crippen LogP contribution is -2.05. The zero-order valence-corrected chi connectivity index (χ0v) is 7.42. The Bertz CT molecular complexity index is 187. The summed E-state index contributed by atoms with van der Waals surface area (Å²) in [6.07, 6.45) is 0. The van der Waals surface area contributed by atoms with Crippen LogP contribution in [0.3, 0.4) is 0 Å². The standard InChI is InChI=1S/C5H7BrN2S/c1-7-2-5-4(6)3-9-8-5/h3,7H,2H2,1H3. The third-order valence-electron chi connectivity index (χ3n) is 0.939. The highest BCUT2D eigenvalue weighted by Crippen LogP contribution is 2.16. The maximum absolute atomic E-state index is 4.14. The predicted molar refractivity (Wildman–Crippen MR) is 42.6 cm³/mol. The molecule has 0 fully saturated rings. The Morgan fingerprint density at radius 3 is 3.11 bits per heavy atom. The highest BCUT2D eigenvalue weighted by molar-refractivity contribution is 9.10. The van der Waals surface area contributed by atoms with Gasteiger partial charge < -0.3 is 5.32 Å². The molecule has 0 aliphatic heterocycles. The zero-order valence-electron chi connectivity index (χ0n) is 5.02. The fraction of sp³-hybridized carbons (Fsp3) is 0.400. The van der Waals surface area contributed by atoms with Gasteiger partial charge >= 0.3 is 0 Å². The molecule has 2 nitrogen and oxygen atoms in total. The molecule has 0 saturated heterocycles. The number of aromatic nitrogens is 1. The molecule has 9 heavy (non-hydrogen) atoms. The van der Waals surface area contributed by atoms with Gasteiger partial charge in [-0.15, -0.1) is 0 Å². The fourth-order valence-electron chi connectivity index (χ4n) is 0.532. The van der Waals surface area contributed by atoms with Crippen LogP contribution in [0.2, 0.25) is 0 Å². The molecule has 0 aromatic carbocycles. The highest BCUT2D eigenvalue weighted by Gasteiger charge is 1.98. The Labute approximate surface area is 66.6 Å². The van der Waals surface area contributed by atoms with E-state index < -0.39 is 0 Å². The van der Waals surface area contributed by atoms with Crippen molar-refractivity contribution in [3.63, 3.8) is 0 Å². The van der Waals surface area contributed by atoms with Crippen molar-refractivity contribution in [1.29, 1.82) is 0 Å². The molecule has 0 atom stereocenters. The Balaban J connectivity index is 2.69. The second-order valence-corrected chi connectivity index (χ2v) is 3.12. The van der Waals surface area contributed by atoms with Crippen LogP contribution in [0.1, 0.15) is 5.69 Å². The van der Waals surface area contributed by atoms with Crippen LogP contribution < -0.4 is 5.32 Å². The van der Waals surface area contributed by atoms with Crippen molar-refractivity contribution < 1.29 is 0 Å². The molecule has 1 N–H and O–H groups in total. The first-order valence-electron chi connectivity index (χ1n) is 2.58. The first kappa shape index (κ1) is 7.18. The van der Waals surface area contributed by atoms with Crippen LogP contribution in [0.5, 0.6) is 0 Å². The summed E-state index contributed by atoms with van der Waals surface area (Å²) in [5.74, 6) is 0. The van der Waals surface area contributed by atoms with Gasteiger partial charge in [0.15, 0.2) is 0 Å². The van der Waals surface area contributed by atoms with Crippen molar-refractivity contribution in [2.75, 3.05) is 7.05 Å². The van der Waals surface area contributed by atoms with Crippen LogP contribution in [-0.4, -0.2) is 11.4 Å². The molecule has 0 radical (unpaired) electrons. The van der Waals surface area contributed by atoms with E-state index in [9.17, 15) is 0 Å². The van der Waals surface area contributed by atoms with Crippen LogP contribution in [0, 0.1) is 0 Å². The van der Waals surface area contributed by atoms with Crippen molar-refractivity contribution in [3.8, 4) is 0 Å². The lowest BCUT2D eigenvalue weighted by molar-refractivity contribution is 0.798. The van der Waals surface area contributed by atoms with Gasteiger partial charge in [-0.05, 0) is 34.5 Å². The summed E-state index contributed by atoms with van der Waals surface area (Å²) in [5, 5.41) is 5.00. The van der Waals surface area contributed by atoms with Crippen LogP contribution in [-0.2, 0) is 6.54 Å². The van der Waals surface area contributed by atoms with Gasteiger partial charge in [0, 0.05) is 11.9 Å². The quantitative estimate of drug-likeness (QED) is 0.797. The SMILES string of the molecule is CNCc1nscc1Br. The molecule has 0 aliphatic carbocycles. The van der Waals surface area contributed by atoms with Gasteiger partial charge in [-0.3, -0.25) is 0 Å². The van der Waals surface area contributed by atoms with Crippen molar-refractivity contribution in [2.24, 2.45) is 0 Å². The summed E-state index contributed by atoms with van der Waals surface area (Å²) in [6, 6.07) is 0. The molecule has 0 aliphatic rings. The summed E-state index contributed by atoms with van der Waals surface area (Å²) in [6.45, 7) is 0.837. The fourth-order valence-corrected chi connectivity index (χ4v) is 1.70. The molecule has 1 heterocycles. The molecule has 0 unspecified atom stereocenters. The molecule has 0 amide bonds. The van der Waals surface area contributed by atoms with E-state index >= 15 is 0 Å². The first-order chi connectivity index (χ1) is 4.34. The van der Waals surface area contributed by atoms with Crippen LogP contribution >= 0.6 is 27.5 Å². The van der Waals surface area contributed by atoms with E-state index in [4.69, 9.17) is 0 Å². The van der Waals surface area contributed by atoms with E-state index in [1.165, 1.54) is 11.5 Å². The van der Waals surface area contributed by atoms with E-state index in [-0.39, 0.29) is 0 Å². The monoisotopic (exact) mass is 206 g/mol. The maximum Gasteiger partial charge on any atom is 0.0821 e. The van der Waals surface area contributed by atoms with Crippen molar-refractivity contribution in [1.82, 2.24) is 9.69 Å². The molecule has 0 saturated carbocycles. The molecule has 1 aromatic rings. The zero-order chi connectivity index (χ0) is 6.69. The number of rotatable bonds is 2. The minimum Gasteiger partial charge on any atom is -0.314 e. The van der Waals surface area contributed by atoms with Crippen molar-refractivity contribution in [2.45, 2.75) is 6.54 Å². The van der Waals surface area contributed by atoms with Gasteiger partial charge in [0.1, 0.15) is 0 Å². The number of nitrogens with zero attached hydrogens (tertiary/aromatic N) is 1. The molecule has 1 rings (SSSR count). The third kappa shape index (κ3) is 1.74. The number of hydrogen-bond acceptors (Lipinski definition) is 3. The third-order valence-corrected chi connectivity index (χ3v) is 2.60. The molecule has 50 valence electrons. The minimum atomic E-state index is 0.837. The van der Waals surface area contributed by atoms with Gasteiger partial charge in [-0.2, -0.15) is 4.37 Å². The van der Waals surface area contributed by atoms with Crippen LogP contribution in [0.4, 0.5) is 0 Å². The lowest BCUT2D eigenvalue weighted by atomic mass is 10.4. The van der Waals surface area contributed by atoms with E-state index in [0.29, 0.717) is 0 Å². The summed E-state index contributed by atoms with van der Waals surface area (Å²) in [5.41, 5.74) is 1.09. The molecule has 0 spiro atoms. The summed E-state index contributed by atoms with van der Waals surface area (Å²) in [7, 11) is 1.91. The van der Waals surface area contributed by atoms with E-state index in [1.807, 2.05) is 12.4 Å². The molecular weight excluding hydrogens is 200 g/mol. The van der Waals surface area contributed by atoms with Gasteiger partial charge in [0.05, 0.1) is 10.2 Å². The normalized spacial score (nSPS) is 10.0. The Hall–Kier alpha value is 0.0700. The van der Waals surface area contributed by atoms with Gasteiger partial charge in [-0.1, -0.05) is 0 Å². The van der Waals surface area contributed by atoms with E-state index in [2.05, 4.69) is 25.6 Å². The minimum absolute atomic E-state index is 0.837. The lowest BCUT2D eigenvalue weighted by Gasteiger charge is -1.91. The molecule has 0 bridgehead atoms. The van der Waals surface area contributed by atoms with Crippen LogP contribution in [0.25, 0.3) is 0 Å². The van der Waals surface area contributed by atoms with Crippen molar-refractivity contribution in [3.05, 3.63) is 15.5 Å². The summed E-state index contributed by atoms with van der Waals surface area (Å²) < 4.78 is 5.24. The second kappa shape index (κ2) is 3.29. The summed E-state index contributed by atoms with van der Waals surface area (Å²) >= 11 is 4.84. The molecule has 1 aromatic heterocycles. The Morgan fingerprint density at radius 2 is 2.67 bits per heavy atom. The Kier molecular flexibility index (Phi) is 2.63. The first-order valence-corrected chi connectivity index (χ1v) is 4.21. The predicted octanol–water partition coefficient (Wildman–Crippen LogP) is 1.62. The number of halogens is 1. The van der Waals surface area contributed by atoms with Gasteiger partial charge in [-0.25, -0.2) is 0 Å².